The summed E-state index contributed by atoms with van der Waals surface area (Å²) in [7, 11) is 0. The number of aromatic nitrogens is 1. The van der Waals surface area contributed by atoms with E-state index in [1.165, 1.54) is 32.1 Å². The summed E-state index contributed by atoms with van der Waals surface area (Å²) in [5.41, 5.74) is 1.04. The summed E-state index contributed by atoms with van der Waals surface area (Å²) in [6.45, 7) is 2.36. The molecule has 3 nitrogen and oxygen atoms in total. The van der Waals surface area contributed by atoms with Crippen LogP contribution in [-0.4, -0.2) is 22.7 Å². The van der Waals surface area contributed by atoms with Crippen LogP contribution in [0.3, 0.4) is 0 Å². The van der Waals surface area contributed by atoms with Crippen molar-refractivity contribution in [2.45, 2.75) is 57.5 Å². The highest BCUT2D eigenvalue weighted by Crippen LogP contribution is 2.30. The van der Waals surface area contributed by atoms with Crippen LogP contribution in [0.2, 0.25) is 5.15 Å². The van der Waals surface area contributed by atoms with Gasteiger partial charge in [0.25, 0.3) is 0 Å². The van der Waals surface area contributed by atoms with Gasteiger partial charge >= 0.3 is 0 Å². The zero-order valence-electron chi connectivity index (χ0n) is 12.2. The number of rotatable bonds is 6. The third-order valence-corrected chi connectivity index (χ3v) is 4.69. The van der Waals surface area contributed by atoms with E-state index in [4.69, 9.17) is 11.6 Å². The summed E-state index contributed by atoms with van der Waals surface area (Å²) in [6.07, 6.45) is 9.05. The summed E-state index contributed by atoms with van der Waals surface area (Å²) in [4.78, 5) is 4.14. The molecule has 1 saturated carbocycles. The maximum Gasteiger partial charge on any atom is 0.133 e. The van der Waals surface area contributed by atoms with Crippen LogP contribution in [0, 0.1) is 5.92 Å². The standard InChI is InChI=1S/C16H25ClN2O/c1-12(14-8-5-10-18-16(14)17)19-15(9-11-20)13-6-3-2-4-7-13/h5,8,10,12-13,15,19-20H,2-4,6-7,9,11H2,1H3. The van der Waals surface area contributed by atoms with Gasteiger partial charge in [0.15, 0.2) is 0 Å². The molecule has 0 radical (unpaired) electrons. The number of nitrogens with one attached hydrogen (secondary N) is 1. The quantitative estimate of drug-likeness (QED) is 0.787. The van der Waals surface area contributed by atoms with E-state index in [-0.39, 0.29) is 12.6 Å². The Labute approximate surface area is 126 Å². The molecule has 0 saturated heterocycles. The predicted molar refractivity (Wildman–Crippen MR) is 82.9 cm³/mol. The van der Waals surface area contributed by atoms with Crippen molar-refractivity contribution in [3.8, 4) is 0 Å². The molecular weight excluding hydrogens is 272 g/mol. The summed E-state index contributed by atoms with van der Waals surface area (Å²) in [6, 6.07) is 4.46. The molecule has 2 atom stereocenters. The molecule has 0 bridgehead atoms. The van der Waals surface area contributed by atoms with Gasteiger partial charge in [-0.05, 0) is 38.2 Å². The van der Waals surface area contributed by atoms with Gasteiger partial charge in [0.1, 0.15) is 5.15 Å². The normalized spacial score (nSPS) is 19.8. The lowest BCUT2D eigenvalue weighted by atomic mass is 9.82. The third-order valence-electron chi connectivity index (χ3n) is 4.38. The topological polar surface area (TPSA) is 45.1 Å². The second kappa shape index (κ2) is 7.96. The number of hydrogen-bond acceptors (Lipinski definition) is 3. The van der Waals surface area contributed by atoms with Gasteiger partial charge in [-0.15, -0.1) is 0 Å². The van der Waals surface area contributed by atoms with E-state index in [0.29, 0.717) is 17.1 Å². The molecule has 1 aliphatic carbocycles. The second-order valence-electron chi connectivity index (χ2n) is 5.79. The molecular formula is C16H25ClN2O. The molecule has 112 valence electrons. The molecule has 1 fully saturated rings. The second-order valence-corrected chi connectivity index (χ2v) is 6.15. The number of halogens is 1. The average molecular weight is 297 g/mol. The number of aliphatic hydroxyl groups is 1. The molecule has 1 aromatic rings. The fraction of sp³-hybridized carbons (Fsp3) is 0.688. The Kier molecular flexibility index (Phi) is 6.27. The fourth-order valence-corrected chi connectivity index (χ4v) is 3.55. The largest absolute Gasteiger partial charge is 0.396 e. The molecule has 0 amide bonds. The van der Waals surface area contributed by atoms with Crippen molar-refractivity contribution in [2.75, 3.05) is 6.61 Å². The van der Waals surface area contributed by atoms with E-state index in [2.05, 4.69) is 17.2 Å². The van der Waals surface area contributed by atoms with Crippen molar-refractivity contribution in [1.29, 1.82) is 0 Å². The van der Waals surface area contributed by atoms with Crippen molar-refractivity contribution in [1.82, 2.24) is 10.3 Å². The van der Waals surface area contributed by atoms with Gasteiger partial charge < -0.3 is 10.4 Å². The molecule has 2 N–H and O–H groups in total. The molecule has 1 aromatic heterocycles. The van der Waals surface area contributed by atoms with Crippen LogP contribution in [0.1, 0.15) is 57.1 Å². The van der Waals surface area contributed by atoms with E-state index in [9.17, 15) is 5.11 Å². The molecule has 2 unspecified atom stereocenters. The Morgan fingerprint density at radius 2 is 2.15 bits per heavy atom. The van der Waals surface area contributed by atoms with Crippen LogP contribution >= 0.6 is 11.6 Å². The van der Waals surface area contributed by atoms with Gasteiger partial charge in [0, 0.05) is 30.5 Å². The van der Waals surface area contributed by atoms with E-state index in [0.717, 1.165) is 12.0 Å². The lowest BCUT2D eigenvalue weighted by molar-refractivity contribution is 0.198. The van der Waals surface area contributed by atoms with Gasteiger partial charge in [-0.1, -0.05) is 36.9 Å². The minimum Gasteiger partial charge on any atom is -0.396 e. The van der Waals surface area contributed by atoms with Gasteiger partial charge in [-0.2, -0.15) is 0 Å². The third kappa shape index (κ3) is 4.18. The lowest BCUT2D eigenvalue weighted by Crippen LogP contribution is -2.39. The number of hydrogen-bond donors (Lipinski definition) is 2. The molecule has 0 spiro atoms. The van der Waals surface area contributed by atoms with Crippen molar-refractivity contribution in [2.24, 2.45) is 5.92 Å². The van der Waals surface area contributed by atoms with Crippen molar-refractivity contribution in [3.63, 3.8) is 0 Å². The Morgan fingerprint density at radius 1 is 1.40 bits per heavy atom. The van der Waals surface area contributed by atoms with E-state index >= 15 is 0 Å². The molecule has 1 heterocycles. The Hall–Kier alpha value is -0.640. The van der Waals surface area contributed by atoms with Crippen LogP contribution in [-0.2, 0) is 0 Å². The summed E-state index contributed by atoms with van der Waals surface area (Å²) in [5, 5.41) is 13.6. The van der Waals surface area contributed by atoms with Crippen LogP contribution in [0.4, 0.5) is 0 Å². The lowest BCUT2D eigenvalue weighted by Gasteiger charge is -2.33. The average Bonchev–Trinajstić information content (AvgIpc) is 2.48. The first-order chi connectivity index (χ1) is 9.72. The van der Waals surface area contributed by atoms with Crippen LogP contribution < -0.4 is 5.32 Å². The number of nitrogens with zero attached hydrogens (tertiary/aromatic N) is 1. The molecule has 4 heteroatoms. The van der Waals surface area contributed by atoms with Crippen LogP contribution in [0.25, 0.3) is 0 Å². The Morgan fingerprint density at radius 3 is 2.80 bits per heavy atom. The SMILES string of the molecule is CC(NC(CCO)C1CCCCC1)c1cccnc1Cl. The van der Waals surface area contributed by atoms with Crippen molar-refractivity contribution < 1.29 is 5.11 Å². The summed E-state index contributed by atoms with van der Waals surface area (Å²) >= 11 is 6.16. The smallest absolute Gasteiger partial charge is 0.133 e. The molecule has 0 aromatic carbocycles. The maximum absolute atomic E-state index is 9.33. The van der Waals surface area contributed by atoms with Crippen molar-refractivity contribution in [3.05, 3.63) is 29.0 Å². The highest BCUT2D eigenvalue weighted by atomic mass is 35.5. The zero-order chi connectivity index (χ0) is 14.4. The molecule has 0 aliphatic heterocycles. The van der Waals surface area contributed by atoms with Gasteiger partial charge in [0.05, 0.1) is 0 Å². The van der Waals surface area contributed by atoms with Crippen LogP contribution in [0.5, 0.6) is 0 Å². The first-order valence-electron chi connectivity index (χ1n) is 7.69. The maximum atomic E-state index is 9.33. The van der Waals surface area contributed by atoms with Gasteiger partial charge in [-0.3, -0.25) is 0 Å². The molecule has 1 aliphatic rings. The zero-order valence-corrected chi connectivity index (χ0v) is 12.9. The molecule has 2 rings (SSSR count). The monoisotopic (exact) mass is 296 g/mol. The van der Waals surface area contributed by atoms with E-state index in [1.807, 2.05) is 12.1 Å². The van der Waals surface area contributed by atoms with Crippen molar-refractivity contribution >= 4 is 11.6 Å². The first kappa shape index (κ1) is 15.7. The van der Waals surface area contributed by atoms with Gasteiger partial charge in [0.2, 0.25) is 0 Å². The van der Waals surface area contributed by atoms with E-state index < -0.39 is 0 Å². The minimum absolute atomic E-state index is 0.162. The van der Waals surface area contributed by atoms with Crippen LogP contribution in [0.15, 0.2) is 18.3 Å². The highest BCUT2D eigenvalue weighted by Gasteiger charge is 2.25. The Bertz CT molecular complexity index is 407. The number of aliphatic hydroxyl groups excluding tert-OH is 1. The Balaban J connectivity index is 2.01. The predicted octanol–water partition coefficient (Wildman–Crippen LogP) is 3.72. The minimum atomic E-state index is 0.162. The number of pyridine rings is 1. The molecule has 20 heavy (non-hydrogen) atoms. The fourth-order valence-electron chi connectivity index (χ4n) is 3.26. The summed E-state index contributed by atoms with van der Waals surface area (Å²) < 4.78 is 0. The highest BCUT2D eigenvalue weighted by molar-refractivity contribution is 6.30. The first-order valence-corrected chi connectivity index (χ1v) is 8.07. The summed E-state index contributed by atoms with van der Waals surface area (Å²) in [5.74, 6) is 0.675. The van der Waals surface area contributed by atoms with E-state index in [1.54, 1.807) is 6.20 Å². The van der Waals surface area contributed by atoms with Gasteiger partial charge in [-0.25, -0.2) is 4.98 Å².